The minimum Gasteiger partial charge on any atom is -0.326 e. The number of nitrogens with zero attached hydrogens (tertiary/aromatic N) is 1. The molecule has 1 aromatic rings. The van der Waals surface area contributed by atoms with Crippen LogP contribution >= 0.6 is 27.3 Å². The highest BCUT2D eigenvalue weighted by molar-refractivity contribution is 9.11. The molecule has 2 heterocycles. The summed E-state index contributed by atoms with van der Waals surface area (Å²) in [5.41, 5.74) is 5.84. The van der Waals surface area contributed by atoms with Crippen molar-refractivity contribution in [1.29, 1.82) is 0 Å². The summed E-state index contributed by atoms with van der Waals surface area (Å²) >= 11 is 5.28. The number of hydrogen-bond donors (Lipinski definition) is 1. The first-order valence-corrected chi connectivity index (χ1v) is 6.07. The third-order valence-corrected chi connectivity index (χ3v) is 3.93. The Morgan fingerprint density at radius 1 is 1.62 bits per heavy atom. The van der Waals surface area contributed by atoms with E-state index in [0.29, 0.717) is 6.04 Å². The molecule has 1 aliphatic heterocycles. The minimum absolute atomic E-state index is 0.392. The zero-order valence-corrected chi connectivity index (χ0v) is 9.77. The number of nitrogens with two attached hydrogens (primary N) is 1. The van der Waals surface area contributed by atoms with Gasteiger partial charge in [-0.15, -0.1) is 11.3 Å². The maximum atomic E-state index is 5.84. The van der Waals surface area contributed by atoms with E-state index in [2.05, 4.69) is 33.0 Å². The monoisotopic (exact) mass is 260 g/mol. The van der Waals surface area contributed by atoms with Crippen molar-refractivity contribution in [3.63, 3.8) is 0 Å². The van der Waals surface area contributed by atoms with Crippen LogP contribution < -0.4 is 5.73 Å². The first-order valence-electron chi connectivity index (χ1n) is 4.46. The molecule has 0 aromatic carbocycles. The molecule has 2 nitrogen and oxygen atoms in total. The third-order valence-electron chi connectivity index (χ3n) is 2.32. The third kappa shape index (κ3) is 2.53. The van der Waals surface area contributed by atoms with Crippen molar-refractivity contribution in [1.82, 2.24) is 4.90 Å². The lowest BCUT2D eigenvalue weighted by atomic mass is 10.3. The molecule has 1 aliphatic rings. The van der Waals surface area contributed by atoms with Gasteiger partial charge in [0.05, 0.1) is 3.79 Å². The summed E-state index contributed by atoms with van der Waals surface area (Å²) in [6.07, 6.45) is 1.15. The molecule has 72 valence electrons. The molecule has 2 rings (SSSR count). The first-order chi connectivity index (χ1) is 6.24. The number of halogens is 1. The van der Waals surface area contributed by atoms with Crippen LogP contribution in [0.25, 0.3) is 0 Å². The van der Waals surface area contributed by atoms with Crippen molar-refractivity contribution in [2.24, 2.45) is 5.73 Å². The molecule has 0 bridgehead atoms. The molecule has 0 unspecified atom stereocenters. The molecule has 0 saturated carbocycles. The van der Waals surface area contributed by atoms with Gasteiger partial charge in [-0.05, 0) is 34.5 Å². The molecule has 1 fully saturated rings. The van der Waals surface area contributed by atoms with E-state index in [-0.39, 0.29) is 0 Å². The van der Waals surface area contributed by atoms with Crippen LogP contribution in [0.15, 0.2) is 15.9 Å². The molecule has 0 spiro atoms. The van der Waals surface area contributed by atoms with Gasteiger partial charge in [0.25, 0.3) is 0 Å². The molecule has 0 amide bonds. The molecule has 1 saturated heterocycles. The Labute approximate surface area is 90.9 Å². The lowest BCUT2D eigenvalue weighted by Gasteiger charge is -2.12. The molecule has 1 atom stereocenters. The van der Waals surface area contributed by atoms with Crippen molar-refractivity contribution in [3.8, 4) is 0 Å². The van der Waals surface area contributed by atoms with Crippen LogP contribution in [-0.4, -0.2) is 24.0 Å². The fourth-order valence-electron chi connectivity index (χ4n) is 1.66. The Balaban J connectivity index is 1.91. The van der Waals surface area contributed by atoms with Gasteiger partial charge < -0.3 is 5.73 Å². The van der Waals surface area contributed by atoms with E-state index in [0.717, 1.165) is 26.1 Å². The van der Waals surface area contributed by atoms with Crippen LogP contribution in [0.2, 0.25) is 0 Å². The fourth-order valence-corrected chi connectivity index (χ4v) is 3.19. The van der Waals surface area contributed by atoms with E-state index in [1.165, 1.54) is 8.66 Å². The van der Waals surface area contributed by atoms with E-state index in [4.69, 9.17) is 5.73 Å². The quantitative estimate of drug-likeness (QED) is 0.882. The predicted octanol–water partition coefficient (Wildman–Crippen LogP) is 2.04. The second-order valence-corrected chi connectivity index (χ2v) is 6.04. The van der Waals surface area contributed by atoms with Crippen LogP contribution in [0.1, 0.15) is 11.3 Å². The maximum Gasteiger partial charge on any atom is 0.0701 e. The van der Waals surface area contributed by atoms with Crippen LogP contribution in [0.4, 0.5) is 0 Å². The van der Waals surface area contributed by atoms with Gasteiger partial charge in [0.15, 0.2) is 0 Å². The first kappa shape index (κ1) is 9.65. The molecular weight excluding hydrogens is 248 g/mol. The van der Waals surface area contributed by atoms with E-state index in [1.54, 1.807) is 0 Å². The predicted molar refractivity (Wildman–Crippen MR) is 59.9 cm³/mol. The SMILES string of the molecule is N[C@H]1CCN(Cc2ccc(Br)s2)C1. The normalized spacial score (nSPS) is 24.0. The number of rotatable bonds is 2. The lowest BCUT2D eigenvalue weighted by Crippen LogP contribution is -2.25. The highest BCUT2D eigenvalue weighted by Crippen LogP contribution is 2.24. The van der Waals surface area contributed by atoms with Crippen LogP contribution in [0, 0.1) is 0 Å². The molecule has 0 radical (unpaired) electrons. The van der Waals surface area contributed by atoms with Gasteiger partial charge >= 0.3 is 0 Å². The summed E-state index contributed by atoms with van der Waals surface area (Å²) < 4.78 is 1.21. The van der Waals surface area contributed by atoms with Gasteiger partial charge in [-0.3, -0.25) is 4.90 Å². The largest absolute Gasteiger partial charge is 0.326 e. The van der Waals surface area contributed by atoms with Crippen molar-refractivity contribution in [2.75, 3.05) is 13.1 Å². The topological polar surface area (TPSA) is 29.3 Å². The lowest BCUT2D eigenvalue weighted by molar-refractivity contribution is 0.330. The van der Waals surface area contributed by atoms with Crippen LogP contribution in [0.3, 0.4) is 0 Å². The smallest absolute Gasteiger partial charge is 0.0701 e. The summed E-state index contributed by atoms with van der Waals surface area (Å²) in [5, 5.41) is 0. The molecule has 0 aliphatic carbocycles. The van der Waals surface area contributed by atoms with Crippen molar-refractivity contribution in [2.45, 2.75) is 19.0 Å². The van der Waals surface area contributed by atoms with Gasteiger partial charge in [-0.1, -0.05) is 0 Å². The van der Waals surface area contributed by atoms with Gasteiger partial charge in [0, 0.05) is 30.6 Å². The summed E-state index contributed by atoms with van der Waals surface area (Å²) in [7, 11) is 0. The molecular formula is C9H13BrN2S. The van der Waals surface area contributed by atoms with Gasteiger partial charge in [-0.2, -0.15) is 0 Å². The summed E-state index contributed by atoms with van der Waals surface area (Å²) in [6.45, 7) is 3.26. The second-order valence-electron chi connectivity index (χ2n) is 3.49. The molecule has 1 aromatic heterocycles. The van der Waals surface area contributed by atoms with Crippen LogP contribution in [-0.2, 0) is 6.54 Å². The Morgan fingerprint density at radius 3 is 3.00 bits per heavy atom. The zero-order valence-electron chi connectivity index (χ0n) is 7.37. The Morgan fingerprint density at radius 2 is 2.46 bits per heavy atom. The number of hydrogen-bond acceptors (Lipinski definition) is 3. The summed E-state index contributed by atoms with van der Waals surface area (Å²) in [6, 6.07) is 4.68. The molecule has 2 N–H and O–H groups in total. The maximum absolute atomic E-state index is 5.84. The summed E-state index contributed by atoms with van der Waals surface area (Å²) in [5.74, 6) is 0. The highest BCUT2D eigenvalue weighted by Gasteiger charge is 2.19. The second kappa shape index (κ2) is 4.09. The van der Waals surface area contributed by atoms with E-state index < -0.39 is 0 Å². The van der Waals surface area contributed by atoms with E-state index >= 15 is 0 Å². The Kier molecular flexibility index (Phi) is 3.03. The van der Waals surface area contributed by atoms with Gasteiger partial charge in [0.2, 0.25) is 0 Å². The van der Waals surface area contributed by atoms with E-state index in [9.17, 15) is 0 Å². The number of likely N-dealkylation sites (tertiary alicyclic amines) is 1. The van der Waals surface area contributed by atoms with Gasteiger partial charge in [-0.25, -0.2) is 0 Å². The summed E-state index contributed by atoms with van der Waals surface area (Å²) in [4.78, 5) is 3.84. The van der Waals surface area contributed by atoms with E-state index in [1.807, 2.05) is 11.3 Å². The average molecular weight is 261 g/mol. The Hall–Kier alpha value is 0.1000. The van der Waals surface area contributed by atoms with Crippen molar-refractivity contribution >= 4 is 27.3 Å². The number of thiophene rings is 1. The molecule has 4 heteroatoms. The standard InChI is InChI=1S/C9H13BrN2S/c10-9-2-1-8(13-9)6-12-4-3-7(11)5-12/h1-2,7H,3-6,11H2/t7-/m0/s1. The van der Waals surface area contributed by atoms with Crippen molar-refractivity contribution in [3.05, 3.63) is 20.8 Å². The highest BCUT2D eigenvalue weighted by atomic mass is 79.9. The molecule has 13 heavy (non-hydrogen) atoms. The minimum atomic E-state index is 0.392. The van der Waals surface area contributed by atoms with Crippen LogP contribution in [0.5, 0.6) is 0 Å². The fraction of sp³-hybridized carbons (Fsp3) is 0.556. The van der Waals surface area contributed by atoms with Crippen molar-refractivity contribution < 1.29 is 0 Å². The zero-order chi connectivity index (χ0) is 9.26. The Bertz CT molecular complexity index is 287. The average Bonchev–Trinajstić information content (AvgIpc) is 2.62. The van der Waals surface area contributed by atoms with Gasteiger partial charge in [0.1, 0.15) is 0 Å².